The van der Waals surface area contributed by atoms with E-state index in [4.69, 9.17) is 18.9 Å². The van der Waals surface area contributed by atoms with Gasteiger partial charge in [0.15, 0.2) is 64.0 Å². The summed E-state index contributed by atoms with van der Waals surface area (Å²) in [6.07, 6.45) is -9.42. The number of fused-ring (bicyclic) bond motifs is 9. The molecule has 21 nitrogen and oxygen atoms in total. The summed E-state index contributed by atoms with van der Waals surface area (Å²) in [4.78, 5) is 0. The molecule has 6 aromatic rings. The molecule has 4 aliphatic rings. The molecule has 6 aromatic carbocycles. The molecule has 10 rings (SSSR count). The number of phenols is 14. The van der Waals surface area contributed by atoms with Gasteiger partial charge in [-0.25, -0.2) is 0 Å². The van der Waals surface area contributed by atoms with E-state index in [1.54, 1.807) is 0 Å². The van der Waals surface area contributed by atoms with Gasteiger partial charge in [-0.2, -0.15) is 0 Å². The van der Waals surface area contributed by atoms with Gasteiger partial charge in [-0.05, 0) is 36.4 Å². The van der Waals surface area contributed by atoms with Crippen molar-refractivity contribution in [2.24, 2.45) is 0 Å². The van der Waals surface area contributed by atoms with Crippen LogP contribution in [0.2, 0.25) is 0 Å². The lowest BCUT2D eigenvalue weighted by molar-refractivity contribution is -0.219. The first kappa shape index (κ1) is 41.6. The molecule has 0 amide bonds. The molecule has 0 saturated carbocycles. The highest BCUT2D eigenvalue weighted by Gasteiger charge is 2.61. The van der Waals surface area contributed by atoms with Crippen LogP contribution in [-0.2, 0) is 12.2 Å². The van der Waals surface area contributed by atoms with Gasteiger partial charge in [0.05, 0.1) is 17.9 Å². The average molecular weight is 913 g/mol. The van der Waals surface area contributed by atoms with Crippen molar-refractivity contribution in [3.8, 4) is 103 Å². The van der Waals surface area contributed by atoms with Gasteiger partial charge in [0.1, 0.15) is 64.0 Å². The van der Waals surface area contributed by atoms with Crippen molar-refractivity contribution in [3.05, 3.63) is 105 Å². The highest BCUT2D eigenvalue weighted by atomic mass is 16.7. The Morgan fingerprint density at radius 3 is 1.47 bits per heavy atom. The van der Waals surface area contributed by atoms with E-state index in [2.05, 4.69) is 0 Å². The minimum Gasteiger partial charge on any atom is -0.508 e. The first-order valence-electron chi connectivity index (χ1n) is 19.7. The van der Waals surface area contributed by atoms with Crippen LogP contribution in [-0.4, -0.2) is 105 Å². The molecule has 21 heteroatoms. The zero-order valence-corrected chi connectivity index (χ0v) is 33.3. The van der Waals surface area contributed by atoms with Crippen LogP contribution in [0.15, 0.2) is 60.7 Å². The Morgan fingerprint density at radius 2 is 0.894 bits per heavy atom. The minimum atomic E-state index is -2.54. The molecule has 0 radical (unpaired) electrons. The lowest BCUT2D eigenvalue weighted by Gasteiger charge is -2.51. The molecule has 342 valence electrons. The lowest BCUT2D eigenvalue weighted by Crippen LogP contribution is -2.57. The van der Waals surface area contributed by atoms with Gasteiger partial charge in [-0.15, -0.1) is 0 Å². The monoisotopic (exact) mass is 912 g/mol. The van der Waals surface area contributed by atoms with E-state index >= 15 is 0 Å². The number of hydrogen-bond acceptors (Lipinski definition) is 21. The van der Waals surface area contributed by atoms with E-state index in [0.717, 1.165) is 60.7 Å². The van der Waals surface area contributed by atoms with Gasteiger partial charge in [0.25, 0.3) is 0 Å². The summed E-state index contributed by atoms with van der Waals surface area (Å²) >= 11 is 0. The Bertz CT molecular complexity index is 3010. The smallest absolute Gasteiger partial charge is 0.305 e. The van der Waals surface area contributed by atoms with Crippen LogP contribution in [0.25, 0.3) is 0 Å². The van der Waals surface area contributed by atoms with Crippen LogP contribution in [0.3, 0.4) is 0 Å². The molecule has 66 heavy (non-hydrogen) atoms. The molecular formula is C45H36O21. The molecule has 0 saturated heterocycles. The Balaban J connectivity index is 1.26. The summed E-state index contributed by atoms with van der Waals surface area (Å²) in [5, 5.41) is 187. The van der Waals surface area contributed by atoms with E-state index in [-0.39, 0.29) is 44.9 Å². The molecular weight excluding hydrogens is 876 g/mol. The predicted octanol–water partition coefficient (Wildman–Crippen LogP) is 3.36. The van der Waals surface area contributed by atoms with Gasteiger partial charge < -0.3 is 106 Å². The summed E-state index contributed by atoms with van der Waals surface area (Å²) in [5.74, 6) is -18.9. The summed E-state index contributed by atoms with van der Waals surface area (Å²) in [6.45, 7) is 0. The Kier molecular flexibility index (Phi) is 8.86. The standard InChI is InChI=1S/C45H36O21/c46-15-7-18(48)30-28(8-15)65-45(14-5-25(55)38(60)26(56)6-14)44(62)35(30)33-29(66-45)11-20(50)32-34(39(61)41(64-43(32)33)13-3-23(53)37(59)24(54)4-13)31-19(49)10-17(47)16-9-27(57)40(63-42(16)31)12-1-21(51)36(58)22(52)2-12/h1-8,10-11,27,34-35,39-41,44,46-62H,9H2/t27-,34+,35-,39+,40+,41+,44-,45+/m0/s1. The SMILES string of the molecule is Oc1cc(O)c2c(c1)O[C@]1(c3cc(O)c(O)c(O)c3)Oc3cc(O)c4c(c3[C@H]2[C@@H]1O)O[C@H](c1cc(O)c(O)c(O)c1)[C@H](O)[C@@H]4c1c(O)cc(O)c2c1O[C@H](c1cc(O)c(O)c(O)c1)[C@@H](O)C2. The topological polar surface area (TPSA) is 381 Å². The van der Waals surface area contributed by atoms with Crippen LogP contribution in [0.1, 0.15) is 68.6 Å². The number of aliphatic hydroxyl groups is 3. The zero-order valence-electron chi connectivity index (χ0n) is 33.3. The summed E-state index contributed by atoms with van der Waals surface area (Å²) in [6, 6.07) is 9.34. The zero-order chi connectivity index (χ0) is 47.2. The molecule has 2 bridgehead atoms. The van der Waals surface area contributed by atoms with E-state index in [1.807, 2.05) is 0 Å². The molecule has 0 fully saturated rings. The maximum atomic E-state index is 12.5. The Morgan fingerprint density at radius 1 is 0.424 bits per heavy atom. The minimum absolute atomic E-state index is 0.110. The third-order valence-corrected chi connectivity index (χ3v) is 12.5. The van der Waals surface area contributed by atoms with Gasteiger partial charge in [0, 0.05) is 75.2 Å². The average Bonchev–Trinajstić information content (AvgIpc) is 3.24. The third kappa shape index (κ3) is 5.76. The molecule has 17 N–H and O–H groups in total. The highest BCUT2D eigenvalue weighted by molar-refractivity contribution is 5.72. The predicted molar refractivity (Wildman–Crippen MR) is 217 cm³/mol. The van der Waals surface area contributed by atoms with E-state index in [0.29, 0.717) is 0 Å². The Labute approximate surface area is 368 Å². The fourth-order valence-corrected chi connectivity index (χ4v) is 9.53. The number of ether oxygens (including phenoxy) is 4. The second-order valence-corrected chi connectivity index (χ2v) is 16.4. The molecule has 4 aliphatic heterocycles. The molecule has 8 atom stereocenters. The van der Waals surface area contributed by atoms with Crippen LogP contribution in [0.4, 0.5) is 0 Å². The molecule has 4 heterocycles. The number of benzene rings is 6. The normalized spacial score (nSPS) is 24.6. The maximum Gasteiger partial charge on any atom is 0.305 e. The molecule has 0 spiro atoms. The van der Waals surface area contributed by atoms with Gasteiger partial charge in [-0.3, -0.25) is 0 Å². The fourth-order valence-electron chi connectivity index (χ4n) is 9.53. The van der Waals surface area contributed by atoms with E-state index < -0.39 is 158 Å². The van der Waals surface area contributed by atoms with Crippen LogP contribution < -0.4 is 18.9 Å². The highest BCUT2D eigenvalue weighted by Crippen LogP contribution is 2.66. The first-order chi connectivity index (χ1) is 31.2. The van der Waals surface area contributed by atoms with Crippen molar-refractivity contribution in [2.45, 2.75) is 54.6 Å². The number of aliphatic hydroxyl groups excluding tert-OH is 3. The van der Waals surface area contributed by atoms with Crippen molar-refractivity contribution in [3.63, 3.8) is 0 Å². The molecule has 0 unspecified atom stereocenters. The van der Waals surface area contributed by atoms with Crippen molar-refractivity contribution in [2.75, 3.05) is 0 Å². The second-order valence-electron chi connectivity index (χ2n) is 16.4. The van der Waals surface area contributed by atoms with Crippen molar-refractivity contribution < 1.29 is 106 Å². The van der Waals surface area contributed by atoms with Crippen molar-refractivity contribution in [1.82, 2.24) is 0 Å². The van der Waals surface area contributed by atoms with E-state index in [9.17, 15) is 86.8 Å². The largest absolute Gasteiger partial charge is 0.508 e. The van der Waals surface area contributed by atoms with Gasteiger partial charge in [0.2, 0.25) is 0 Å². The fraction of sp³-hybridized carbons (Fsp3) is 0.200. The molecule has 0 aromatic heterocycles. The third-order valence-electron chi connectivity index (χ3n) is 12.5. The number of phenolic OH excluding ortho intramolecular Hbond substituents is 14. The van der Waals surface area contributed by atoms with Crippen molar-refractivity contribution >= 4 is 0 Å². The summed E-state index contributed by atoms with van der Waals surface area (Å²) in [7, 11) is 0. The number of hydrogen-bond donors (Lipinski definition) is 17. The Hall–Kier alpha value is -8.40. The van der Waals surface area contributed by atoms with Crippen LogP contribution in [0, 0.1) is 0 Å². The summed E-state index contributed by atoms with van der Waals surface area (Å²) in [5.41, 5.74) is -2.10. The number of rotatable bonds is 4. The lowest BCUT2D eigenvalue weighted by atomic mass is 9.71. The van der Waals surface area contributed by atoms with Gasteiger partial charge >= 0.3 is 5.79 Å². The van der Waals surface area contributed by atoms with Crippen LogP contribution in [0.5, 0.6) is 103 Å². The maximum absolute atomic E-state index is 12.5. The van der Waals surface area contributed by atoms with Crippen LogP contribution >= 0.6 is 0 Å². The first-order valence-corrected chi connectivity index (χ1v) is 19.7. The van der Waals surface area contributed by atoms with Crippen molar-refractivity contribution in [1.29, 1.82) is 0 Å². The quantitative estimate of drug-likeness (QED) is 0.113. The van der Waals surface area contributed by atoms with E-state index in [1.165, 1.54) is 0 Å². The summed E-state index contributed by atoms with van der Waals surface area (Å²) < 4.78 is 25.3. The van der Waals surface area contributed by atoms with Gasteiger partial charge in [-0.1, -0.05) is 0 Å². The number of aromatic hydroxyl groups is 14. The molecule has 0 aliphatic carbocycles. The second kappa shape index (κ2) is 14.0.